The van der Waals surface area contributed by atoms with Gasteiger partial charge in [-0.05, 0) is 48.9 Å². The largest absolute Gasteiger partial charge is 0.310 e. The number of carbonyl (C=O) groups is 1. The van der Waals surface area contributed by atoms with Crippen molar-refractivity contribution in [1.29, 1.82) is 0 Å². The summed E-state index contributed by atoms with van der Waals surface area (Å²) in [4.78, 5) is 20.2. The molecule has 0 bridgehead atoms. The average molecular weight is 356 g/mol. The smallest absolute Gasteiger partial charge is 0.228 e. The Hall–Kier alpha value is -2.53. The maximum absolute atomic E-state index is 14.8. The fourth-order valence-corrected chi connectivity index (χ4v) is 3.07. The van der Waals surface area contributed by atoms with E-state index in [0.29, 0.717) is 27.7 Å². The number of hydrogen-bond donors (Lipinski definition) is 1. The SMILES string of the molecule is Cc1ccncc1-c1cc2cc(NC(=O)C3CC3)ncc2c(Cl)c1F. The van der Waals surface area contributed by atoms with E-state index in [2.05, 4.69) is 15.3 Å². The third-order valence-electron chi connectivity index (χ3n) is 4.43. The minimum Gasteiger partial charge on any atom is -0.310 e. The number of nitrogens with zero attached hydrogens (tertiary/aromatic N) is 2. The number of nitrogens with one attached hydrogen (secondary N) is 1. The summed E-state index contributed by atoms with van der Waals surface area (Å²) in [5.41, 5.74) is 1.97. The van der Waals surface area contributed by atoms with Crippen LogP contribution in [0.2, 0.25) is 5.02 Å². The molecule has 1 aliphatic carbocycles. The second-order valence-corrected chi connectivity index (χ2v) is 6.67. The summed E-state index contributed by atoms with van der Waals surface area (Å²) in [5, 5.41) is 4.04. The van der Waals surface area contributed by atoms with Gasteiger partial charge >= 0.3 is 0 Å². The molecule has 0 radical (unpaired) electrons. The van der Waals surface area contributed by atoms with E-state index in [1.54, 1.807) is 24.5 Å². The van der Waals surface area contributed by atoms with E-state index in [1.807, 2.05) is 13.0 Å². The molecular formula is C19H15ClFN3O. The van der Waals surface area contributed by atoms with Crippen molar-refractivity contribution in [2.75, 3.05) is 5.32 Å². The quantitative estimate of drug-likeness (QED) is 0.737. The van der Waals surface area contributed by atoms with Gasteiger partial charge in [-0.2, -0.15) is 0 Å². The van der Waals surface area contributed by atoms with Gasteiger partial charge in [-0.25, -0.2) is 9.37 Å². The van der Waals surface area contributed by atoms with Gasteiger partial charge < -0.3 is 5.32 Å². The molecule has 25 heavy (non-hydrogen) atoms. The highest BCUT2D eigenvalue weighted by molar-refractivity contribution is 6.36. The molecule has 0 saturated heterocycles. The Bertz CT molecular complexity index is 1000. The molecule has 0 spiro atoms. The van der Waals surface area contributed by atoms with Gasteiger partial charge in [0.2, 0.25) is 5.91 Å². The first-order chi connectivity index (χ1) is 12.0. The van der Waals surface area contributed by atoms with Crippen LogP contribution in [-0.2, 0) is 4.79 Å². The second-order valence-electron chi connectivity index (χ2n) is 6.30. The molecule has 3 aromatic rings. The normalized spacial score (nSPS) is 13.9. The van der Waals surface area contributed by atoms with Crippen LogP contribution in [0.1, 0.15) is 18.4 Å². The third kappa shape index (κ3) is 2.96. The molecule has 0 atom stereocenters. The van der Waals surface area contributed by atoms with Crippen LogP contribution in [-0.4, -0.2) is 15.9 Å². The maximum Gasteiger partial charge on any atom is 0.228 e. The first-order valence-corrected chi connectivity index (χ1v) is 8.42. The summed E-state index contributed by atoms with van der Waals surface area (Å²) in [6, 6.07) is 5.26. The predicted octanol–water partition coefficient (Wildman–Crippen LogP) is 4.75. The molecule has 4 rings (SSSR count). The zero-order valence-electron chi connectivity index (χ0n) is 13.5. The lowest BCUT2D eigenvalue weighted by Crippen LogP contribution is -2.14. The van der Waals surface area contributed by atoms with Gasteiger partial charge in [0, 0.05) is 41.0 Å². The van der Waals surface area contributed by atoms with E-state index in [1.165, 1.54) is 6.20 Å². The summed E-state index contributed by atoms with van der Waals surface area (Å²) in [6.45, 7) is 1.89. The van der Waals surface area contributed by atoms with Crippen LogP contribution in [0.25, 0.3) is 21.9 Å². The third-order valence-corrected chi connectivity index (χ3v) is 4.80. The predicted molar refractivity (Wildman–Crippen MR) is 96.0 cm³/mol. The molecule has 1 amide bonds. The van der Waals surface area contributed by atoms with Crippen LogP contribution in [0, 0.1) is 18.7 Å². The number of hydrogen-bond acceptors (Lipinski definition) is 3. The van der Waals surface area contributed by atoms with E-state index < -0.39 is 5.82 Å². The van der Waals surface area contributed by atoms with Crippen LogP contribution >= 0.6 is 11.6 Å². The molecule has 1 fully saturated rings. The van der Waals surface area contributed by atoms with E-state index >= 15 is 0 Å². The standard InChI is InChI=1S/C19H15ClFN3O/c1-10-4-5-22-8-14(10)13-6-12-7-16(24-19(25)11-2-3-11)23-9-15(12)17(20)18(13)21/h4-9,11H,2-3H2,1H3,(H,23,24,25). The number of amides is 1. The van der Waals surface area contributed by atoms with Crippen LogP contribution in [0.15, 0.2) is 36.8 Å². The van der Waals surface area contributed by atoms with Crippen molar-refractivity contribution < 1.29 is 9.18 Å². The zero-order chi connectivity index (χ0) is 17.6. The molecule has 2 aromatic heterocycles. The highest BCUT2D eigenvalue weighted by Crippen LogP contribution is 2.36. The van der Waals surface area contributed by atoms with Crippen LogP contribution in [0.5, 0.6) is 0 Å². The Morgan fingerprint density at radius 3 is 2.80 bits per heavy atom. The summed E-state index contributed by atoms with van der Waals surface area (Å²) < 4.78 is 14.8. The van der Waals surface area contributed by atoms with E-state index in [9.17, 15) is 9.18 Å². The Kier molecular flexibility index (Phi) is 3.88. The minimum absolute atomic E-state index is 0.0170. The second kappa shape index (κ2) is 6.08. The highest BCUT2D eigenvalue weighted by atomic mass is 35.5. The van der Waals surface area contributed by atoms with E-state index in [0.717, 1.165) is 18.4 Å². The van der Waals surface area contributed by atoms with E-state index in [-0.39, 0.29) is 16.8 Å². The molecule has 126 valence electrons. The molecule has 1 aliphatic rings. The van der Waals surface area contributed by atoms with Crippen molar-refractivity contribution in [3.63, 3.8) is 0 Å². The van der Waals surface area contributed by atoms with Gasteiger partial charge in [0.1, 0.15) is 11.6 Å². The average Bonchev–Trinajstić information content (AvgIpc) is 3.44. The molecular weight excluding hydrogens is 341 g/mol. The minimum atomic E-state index is -0.498. The van der Waals surface area contributed by atoms with Crippen LogP contribution in [0.3, 0.4) is 0 Å². The highest BCUT2D eigenvalue weighted by Gasteiger charge is 2.29. The van der Waals surface area contributed by atoms with Crippen molar-refractivity contribution in [3.8, 4) is 11.1 Å². The Labute approximate surface area is 149 Å². The topological polar surface area (TPSA) is 54.9 Å². The summed E-state index contributed by atoms with van der Waals surface area (Å²) >= 11 is 6.23. The first-order valence-electron chi connectivity index (χ1n) is 8.04. The Morgan fingerprint density at radius 2 is 2.08 bits per heavy atom. The fraction of sp³-hybridized carbons (Fsp3) is 0.211. The van der Waals surface area contributed by atoms with Gasteiger partial charge in [0.25, 0.3) is 0 Å². The molecule has 4 nitrogen and oxygen atoms in total. The first kappa shape index (κ1) is 16.0. The van der Waals surface area contributed by atoms with Crippen molar-refractivity contribution in [1.82, 2.24) is 9.97 Å². The molecule has 0 aliphatic heterocycles. The van der Waals surface area contributed by atoms with Gasteiger partial charge in [0.05, 0.1) is 5.02 Å². The number of carbonyl (C=O) groups excluding carboxylic acids is 1. The fourth-order valence-electron chi connectivity index (χ4n) is 2.81. The van der Waals surface area contributed by atoms with Crippen molar-refractivity contribution in [2.24, 2.45) is 5.92 Å². The lowest BCUT2D eigenvalue weighted by molar-refractivity contribution is -0.117. The zero-order valence-corrected chi connectivity index (χ0v) is 14.3. The number of rotatable bonds is 3. The van der Waals surface area contributed by atoms with Crippen molar-refractivity contribution in [2.45, 2.75) is 19.8 Å². The van der Waals surface area contributed by atoms with Crippen molar-refractivity contribution in [3.05, 3.63) is 53.2 Å². The number of benzene rings is 1. The number of aryl methyl sites for hydroxylation is 1. The molecule has 1 saturated carbocycles. The van der Waals surface area contributed by atoms with Crippen molar-refractivity contribution >= 4 is 34.1 Å². The number of aromatic nitrogens is 2. The molecule has 1 aromatic carbocycles. The lowest BCUT2D eigenvalue weighted by Gasteiger charge is -2.11. The summed E-state index contributed by atoms with van der Waals surface area (Å²) in [7, 11) is 0. The van der Waals surface area contributed by atoms with Gasteiger partial charge in [-0.1, -0.05) is 11.6 Å². The number of anilines is 1. The summed E-state index contributed by atoms with van der Waals surface area (Å²) in [6.07, 6.45) is 6.60. The number of pyridine rings is 2. The molecule has 6 heteroatoms. The van der Waals surface area contributed by atoms with E-state index in [4.69, 9.17) is 11.6 Å². The van der Waals surface area contributed by atoms with Crippen LogP contribution in [0.4, 0.5) is 10.2 Å². The Morgan fingerprint density at radius 1 is 1.28 bits per heavy atom. The lowest BCUT2D eigenvalue weighted by atomic mass is 9.99. The van der Waals surface area contributed by atoms with Gasteiger partial charge in [0.15, 0.2) is 0 Å². The maximum atomic E-state index is 14.8. The Balaban J connectivity index is 1.83. The summed E-state index contributed by atoms with van der Waals surface area (Å²) in [5.74, 6) is 0.00839. The monoisotopic (exact) mass is 355 g/mol. The van der Waals surface area contributed by atoms with Crippen LogP contribution < -0.4 is 5.32 Å². The molecule has 2 heterocycles. The number of fused-ring (bicyclic) bond motifs is 1. The number of halogens is 2. The molecule has 0 unspecified atom stereocenters. The van der Waals surface area contributed by atoms with Gasteiger partial charge in [-0.15, -0.1) is 0 Å². The molecule has 1 N–H and O–H groups in total. The van der Waals surface area contributed by atoms with Gasteiger partial charge in [-0.3, -0.25) is 9.78 Å².